The Morgan fingerprint density at radius 3 is 2.25 bits per heavy atom. The highest BCUT2D eigenvalue weighted by molar-refractivity contribution is 5.71. The third-order valence-corrected chi connectivity index (χ3v) is 4.64. The molecule has 0 saturated heterocycles. The van der Waals surface area contributed by atoms with Crippen molar-refractivity contribution < 1.29 is 23.8 Å². The second kappa shape index (κ2) is 11.1. The molecule has 3 atom stereocenters. The molecule has 0 aromatic heterocycles. The molecule has 0 saturated carbocycles. The molecule has 1 rings (SSSR count). The van der Waals surface area contributed by atoms with E-state index in [-0.39, 0.29) is 31.0 Å². The molecule has 0 radical (unpaired) electrons. The van der Waals surface area contributed by atoms with Crippen LogP contribution in [0.5, 0.6) is 0 Å². The van der Waals surface area contributed by atoms with E-state index in [0.29, 0.717) is 0 Å². The number of benzene rings is 1. The summed E-state index contributed by atoms with van der Waals surface area (Å²) in [6.07, 6.45) is -0.0340. The zero-order valence-electron chi connectivity index (χ0n) is 18.2. The number of hydrogen-bond acceptors (Lipinski definition) is 5. The molecular weight excluding hydrogens is 358 g/mol. The van der Waals surface area contributed by atoms with Gasteiger partial charge in [-0.05, 0) is 32.3 Å². The van der Waals surface area contributed by atoms with E-state index in [4.69, 9.17) is 14.2 Å². The van der Waals surface area contributed by atoms with Crippen molar-refractivity contribution in [1.29, 1.82) is 0 Å². The Bertz CT molecular complexity index is 611. The fourth-order valence-corrected chi connectivity index (χ4v) is 3.07. The first kappa shape index (κ1) is 24.0. The summed E-state index contributed by atoms with van der Waals surface area (Å²) in [4.78, 5) is 26.5. The van der Waals surface area contributed by atoms with Gasteiger partial charge in [-0.25, -0.2) is 4.79 Å². The van der Waals surface area contributed by atoms with Crippen LogP contribution in [-0.2, 0) is 25.6 Å². The number of rotatable bonds is 9. The summed E-state index contributed by atoms with van der Waals surface area (Å²) in [7, 11) is 3.23. The average Bonchev–Trinajstić information content (AvgIpc) is 2.64. The molecule has 0 N–H and O–H groups in total. The summed E-state index contributed by atoms with van der Waals surface area (Å²) < 4.78 is 16.5. The molecule has 0 aliphatic rings. The van der Waals surface area contributed by atoms with Gasteiger partial charge in [0.1, 0.15) is 12.2 Å². The number of amides is 1. The summed E-state index contributed by atoms with van der Waals surface area (Å²) >= 11 is 0. The highest BCUT2D eigenvalue weighted by Gasteiger charge is 2.35. The lowest BCUT2D eigenvalue weighted by Crippen LogP contribution is -2.50. The molecule has 1 aromatic carbocycles. The third kappa shape index (κ3) is 7.89. The summed E-state index contributed by atoms with van der Waals surface area (Å²) in [6, 6.07) is 9.20. The normalized spacial score (nSPS) is 14.7. The molecular formula is C22H35NO5. The maximum Gasteiger partial charge on any atom is 0.410 e. The fraction of sp³-hybridized carbons (Fsp3) is 0.636. The van der Waals surface area contributed by atoms with Gasteiger partial charge in [-0.15, -0.1) is 0 Å². The predicted molar refractivity (Wildman–Crippen MR) is 109 cm³/mol. The lowest BCUT2D eigenvalue weighted by atomic mass is 9.91. The van der Waals surface area contributed by atoms with Gasteiger partial charge < -0.3 is 19.1 Å². The highest BCUT2D eigenvalue weighted by atomic mass is 16.6. The summed E-state index contributed by atoms with van der Waals surface area (Å²) in [5.41, 5.74) is 0.350. The molecule has 1 amide bonds. The Morgan fingerprint density at radius 2 is 1.75 bits per heavy atom. The minimum Gasteiger partial charge on any atom is -0.460 e. The van der Waals surface area contributed by atoms with E-state index in [1.807, 2.05) is 65.0 Å². The summed E-state index contributed by atoms with van der Waals surface area (Å²) in [5.74, 6) is -0.236. The maximum absolute atomic E-state index is 12.6. The highest BCUT2D eigenvalue weighted by Crippen LogP contribution is 2.23. The van der Waals surface area contributed by atoms with Gasteiger partial charge in [0.15, 0.2) is 0 Å². The van der Waals surface area contributed by atoms with Crippen LogP contribution in [0.25, 0.3) is 0 Å². The van der Waals surface area contributed by atoms with E-state index in [1.54, 1.807) is 14.2 Å². The molecule has 0 unspecified atom stereocenters. The Balaban J connectivity index is 2.85. The lowest BCUT2D eigenvalue weighted by Gasteiger charge is -2.37. The van der Waals surface area contributed by atoms with Crippen LogP contribution >= 0.6 is 0 Å². The Hall–Kier alpha value is -2.08. The first-order chi connectivity index (χ1) is 13.1. The number of ether oxygens (including phenoxy) is 3. The van der Waals surface area contributed by atoms with Crippen molar-refractivity contribution in [2.75, 3.05) is 14.2 Å². The van der Waals surface area contributed by atoms with Crippen LogP contribution in [-0.4, -0.2) is 48.9 Å². The molecule has 28 heavy (non-hydrogen) atoms. The van der Waals surface area contributed by atoms with Gasteiger partial charge in [0.25, 0.3) is 0 Å². The molecule has 0 spiro atoms. The first-order valence-electron chi connectivity index (χ1n) is 9.77. The largest absolute Gasteiger partial charge is 0.460 e. The number of nitrogens with zero attached hydrogens (tertiary/aromatic N) is 1. The van der Waals surface area contributed by atoms with E-state index in [9.17, 15) is 9.59 Å². The van der Waals surface area contributed by atoms with Crippen molar-refractivity contribution in [1.82, 2.24) is 4.90 Å². The predicted octanol–water partition coefficient (Wildman–Crippen LogP) is 4.42. The maximum atomic E-state index is 12.6. The molecule has 0 aliphatic carbocycles. The van der Waals surface area contributed by atoms with Crippen molar-refractivity contribution in [3.05, 3.63) is 35.9 Å². The van der Waals surface area contributed by atoms with E-state index >= 15 is 0 Å². The van der Waals surface area contributed by atoms with Crippen molar-refractivity contribution in [3.8, 4) is 0 Å². The summed E-state index contributed by atoms with van der Waals surface area (Å²) in [5, 5.41) is 0. The Morgan fingerprint density at radius 1 is 1.14 bits per heavy atom. The first-order valence-corrected chi connectivity index (χ1v) is 9.77. The van der Waals surface area contributed by atoms with Crippen LogP contribution in [0.1, 0.15) is 53.0 Å². The number of methoxy groups -OCH3 is 1. The zero-order valence-corrected chi connectivity index (χ0v) is 18.2. The van der Waals surface area contributed by atoms with Crippen molar-refractivity contribution in [3.63, 3.8) is 0 Å². The number of carbonyl (C=O) groups is 2. The molecule has 0 fully saturated rings. The van der Waals surface area contributed by atoms with Gasteiger partial charge in [-0.2, -0.15) is 0 Å². The molecule has 0 aliphatic heterocycles. The van der Waals surface area contributed by atoms with Gasteiger partial charge in [-0.1, -0.05) is 50.6 Å². The Kier molecular flexibility index (Phi) is 9.46. The van der Waals surface area contributed by atoms with E-state index < -0.39 is 17.8 Å². The van der Waals surface area contributed by atoms with Gasteiger partial charge in [0.05, 0.1) is 18.6 Å². The van der Waals surface area contributed by atoms with Crippen molar-refractivity contribution in [2.24, 2.45) is 5.92 Å². The van der Waals surface area contributed by atoms with Crippen LogP contribution in [0.4, 0.5) is 4.79 Å². The Labute approximate surface area is 169 Å². The number of esters is 1. The number of carbonyl (C=O) groups excluding carboxylic acids is 2. The van der Waals surface area contributed by atoms with E-state index in [1.165, 1.54) is 4.90 Å². The molecule has 6 heteroatoms. The lowest BCUT2D eigenvalue weighted by molar-refractivity contribution is -0.159. The van der Waals surface area contributed by atoms with Crippen molar-refractivity contribution >= 4 is 12.1 Å². The van der Waals surface area contributed by atoms with Crippen LogP contribution in [0.15, 0.2) is 30.3 Å². The minimum atomic E-state index is -0.568. The van der Waals surface area contributed by atoms with Crippen LogP contribution in [0, 0.1) is 5.92 Å². The number of likely N-dealkylation sites (N-methyl/N-ethyl adjacent to an activating group) is 1. The topological polar surface area (TPSA) is 65.1 Å². The zero-order chi connectivity index (χ0) is 21.3. The van der Waals surface area contributed by atoms with Crippen LogP contribution in [0.2, 0.25) is 0 Å². The van der Waals surface area contributed by atoms with Crippen molar-refractivity contribution in [2.45, 2.75) is 71.8 Å². The van der Waals surface area contributed by atoms with E-state index in [0.717, 1.165) is 12.0 Å². The molecule has 0 bridgehead atoms. The second-order valence-electron chi connectivity index (χ2n) is 8.09. The smallest absolute Gasteiger partial charge is 0.410 e. The molecule has 0 heterocycles. The second-order valence-corrected chi connectivity index (χ2v) is 8.09. The minimum absolute atomic E-state index is 0.0685. The monoisotopic (exact) mass is 393 g/mol. The van der Waals surface area contributed by atoms with Crippen LogP contribution < -0.4 is 0 Å². The summed E-state index contributed by atoms with van der Waals surface area (Å²) in [6.45, 7) is 9.75. The average molecular weight is 394 g/mol. The van der Waals surface area contributed by atoms with Gasteiger partial charge in [0.2, 0.25) is 0 Å². The number of hydrogen-bond donors (Lipinski definition) is 0. The van der Waals surface area contributed by atoms with Gasteiger partial charge in [0, 0.05) is 14.2 Å². The molecule has 1 aromatic rings. The fourth-order valence-electron chi connectivity index (χ4n) is 3.07. The quantitative estimate of drug-likeness (QED) is 0.581. The molecule has 6 nitrogen and oxygen atoms in total. The SMILES string of the molecule is CC[C@H](C)[C@H]([C@H](CC(=O)OC(C)(C)C)OC)N(C)C(=O)OCc1ccccc1. The third-order valence-electron chi connectivity index (χ3n) is 4.64. The van der Waals surface area contributed by atoms with E-state index in [2.05, 4.69) is 0 Å². The standard InChI is InChI=1S/C22H35NO5/c1-8-16(2)20(18(26-7)14-19(24)28-22(3,4)5)23(6)21(25)27-15-17-12-10-9-11-13-17/h9-13,16,18,20H,8,14-15H2,1-7H3/t16-,18-,20+/m0/s1. The van der Waals surface area contributed by atoms with Gasteiger partial charge >= 0.3 is 12.1 Å². The van der Waals surface area contributed by atoms with Crippen LogP contribution in [0.3, 0.4) is 0 Å². The van der Waals surface area contributed by atoms with Gasteiger partial charge in [-0.3, -0.25) is 4.79 Å². The molecule has 158 valence electrons.